The summed E-state index contributed by atoms with van der Waals surface area (Å²) in [6, 6.07) is 11.0. The van der Waals surface area contributed by atoms with Crippen molar-refractivity contribution in [3.8, 4) is 5.75 Å². The number of rotatable bonds is 4. The van der Waals surface area contributed by atoms with Crippen molar-refractivity contribution in [2.24, 2.45) is 0 Å². The van der Waals surface area contributed by atoms with Gasteiger partial charge in [-0.2, -0.15) is 0 Å². The summed E-state index contributed by atoms with van der Waals surface area (Å²) in [5, 5.41) is 0. The highest BCUT2D eigenvalue weighted by Gasteiger charge is 2.17. The standard InChI is InChI=1S/C16H15Br2FO/c1-3-20-11-5-7-12(14(17)9-11)16(18)13-6-4-10(2)8-15(13)19/h4-9,16H,3H2,1-2H3. The van der Waals surface area contributed by atoms with Crippen molar-refractivity contribution in [2.45, 2.75) is 18.7 Å². The first-order chi connectivity index (χ1) is 9.52. The zero-order valence-electron chi connectivity index (χ0n) is 11.3. The van der Waals surface area contributed by atoms with E-state index in [1.165, 1.54) is 0 Å². The van der Waals surface area contributed by atoms with Crippen LogP contribution in [0.4, 0.5) is 4.39 Å². The third-order valence-electron chi connectivity index (χ3n) is 2.98. The number of aryl methyl sites for hydroxylation is 1. The molecule has 0 bridgehead atoms. The second-order valence-electron chi connectivity index (χ2n) is 4.50. The summed E-state index contributed by atoms with van der Waals surface area (Å²) >= 11 is 7.09. The molecule has 2 aromatic rings. The minimum Gasteiger partial charge on any atom is -0.494 e. The fourth-order valence-corrected chi connectivity index (χ4v) is 3.64. The molecule has 106 valence electrons. The summed E-state index contributed by atoms with van der Waals surface area (Å²) in [5.74, 6) is 0.597. The summed E-state index contributed by atoms with van der Waals surface area (Å²) in [7, 11) is 0. The van der Waals surface area contributed by atoms with Crippen molar-refractivity contribution in [3.05, 3.63) is 63.4 Å². The molecule has 0 radical (unpaired) electrons. The first kappa shape index (κ1) is 15.5. The Morgan fingerprint density at radius 2 is 1.85 bits per heavy atom. The molecule has 2 rings (SSSR count). The quantitative estimate of drug-likeness (QED) is 0.590. The predicted octanol–water partition coefficient (Wildman–Crippen LogP) is 5.78. The van der Waals surface area contributed by atoms with E-state index in [1.807, 2.05) is 44.2 Å². The summed E-state index contributed by atoms with van der Waals surface area (Å²) in [6.07, 6.45) is 0. The fourth-order valence-electron chi connectivity index (χ4n) is 1.98. The van der Waals surface area contributed by atoms with Gasteiger partial charge in [-0.15, -0.1) is 0 Å². The Balaban J connectivity index is 2.35. The van der Waals surface area contributed by atoms with Crippen molar-refractivity contribution in [3.63, 3.8) is 0 Å². The predicted molar refractivity (Wildman–Crippen MR) is 87.2 cm³/mol. The summed E-state index contributed by atoms with van der Waals surface area (Å²) < 4.78 is 20.4. The van der Waals surface area contributed by atoms with Crippen LogP contribution in [0.15, 0.2) is 40.9 Å². The lowest BCUT2D eigenvalue weighted by atomic mass is 10.0. The summed E-state index contributed by atoms with van der Waals surface area (Å²) in [5.41, 5.74) is 2.51. The molecule has 0 fully saturated rings. The van der Waals surface area contributed by atoms with Gasteiger partial charge in [-0.25, -0.2) is 4.39 Å². The van der Waals surface area contributed by atoms with Crippen LogP contribution in [0.1, 0.15) is 28.4 Å². The van der Waals surface area contributed by atoms with Gasteiger partial charge in [0.1, 0.15) is 11.6 Å². The van der Waals surface area contributed by atoms with Gasteiger partial charge in [-0.05, 0) is 43.2 Å². The van der Waals surface area contributed by atoms with Crippen molar-refractivity contribution in [1.29, 1.82) is 0 Å². The number of ether oxygens (including phenoxy) is 1. The molecule has 1 atom stereocenters. The Morgan fingerprint density at radius 3 is 2.45 bits per heavy atom. The maximum Gasteiger partial charge on any atom is 0.128 e. The average molecular weight is 402 g/mol. The van der Waals surface area contributed by atoms with Crippen molar-refractivity contribution in [2.75, 3.05) is 6.61 Å². The van der Waals surface area contributed by atoms with Gasteiger partial charge >= 0.3 is 0 Å². The van der Waals surface area contributed by atoms with Crippen LogP contribution in [0, 0.1) is 12.7 Å². The van der Waals surface area contributed by atoms with Crippen LogP contribution in [-0.4, -0.2) is 6.61 Å². The van der Waals surface area contributed by atoms with Crippen LogP contribution in [-0.2, 0) is 0 Å². The Morgan fingerprint density at radius 1 is 1.15 bits per heavy atom. The van der Waals surface area contributed by atoms with Gasteiger partial charge in [0.15, 0.2) is 0 Å². The molecule has 20 heavy (non-hydrogen) atoms. The number of hydrogen-bond acceptors (Lipinski definition) is 1. The molecule has 0 saturated heterocycles. The van der Waals surface area contributed by atoms with E-state index in [0.29, 0.717) is 12.2 Å². The van der Waals surface area contributed by atoms with Crippen molar-refractivity contribution >= 4 is 31.9 Å². The van der Waals surface area contributed by atoms with Crippen LogP contribution in [0.2, 0.25) is 0 Å². The van der Waals surface area contributed by atoms with Crippen LogP contribution in [0.5, 0.6) is 5.75 Å². The third kappa shape index (κ3) is 3.41. The van der Waals surface area contributed by atoms with Crippen LogP contribution < -0.4 is 4.74 Å². The van der Waals surface area contributed by atoms with E-state index in [9.17, 15) is 4.39 Å². The van der Waals surface area contributed by atoms with Crippen molar-refractivity contribution in [1.82, 2.24) is 0 Å². The van der Waals surface area contributed by atoms with E-state index >= 15 is 0 Å². The lowest BCUT2D eigenvalue weighted by molar-refractivity contribution is 0.340. The smallest absolute Gasteiger partial charge is 0.128 e. The fraction of sp³-hybridized carbons (Fsp3) is 0.250. The topological polar surface area (TPSA) is 9.23 Å². The number of benzene rings is 2. The minimum atomic E-state index is -0.201. The monoisotopic (exact) mass is 400 g/mol. The van der Waals surface area contributed by atoms with Gasteiger partial charge < -0.3 is 4.74 Å². The highest BCUT2D eigenvalue weighted by Crippen LogP contribution is 2.38. The van der Waals surface area contributed by atoms with E-state index in [2.05, 4.69) is 31.9 Å². The highest BCUT2D eigenvalue weighted by atomic mass is 79.9. The lowest BCUT2D eigenvalue weighted by Gasteiger charge is -2.15. The molecule has 0 saturated carbocycles. The number of hydrogen-bond donors (Lipinski definition) is 0. The van der Waals surface area contributed by atoms with Crippen molar-refractivity contribution < 1.29 is 9.13 Å². The summed E-state index contributed by atoms with van der Waals surface area (Å²) in [4.78, 5) is -0.201. The lowest BCUT2D eigenvalue weighted by Crippen LogP contribution is -1.99. The molecular weight excluding hydrogens is 387 g/mol. The molecule has 1 unspecified atom stereocenters. The second kappa shape index (κ2) is 6.72. The first-order valence-electron chi connectivity index (χ1n) is 6.35. The van der Waals surface area contributed by atoms with E-state index in [1.54, 1.807) is 6.07 Å². The zero-order valence-corrected chi connectivity index (χ0v) is 14.5. The van der Waals surface area contributed by atoms with Gasteiger partial charge in [0.25, 0.3) is 0 Å². The van der Waals surface area contributed by atoms with Crippen LogP contribution in [0.25, 0.3) is 0 Å². The summed E-state index contributed by atoms with van der Waals surface area (Å²) in [6.45, 7) is 4.44. The SMILES string of the molecule is CCOc1ccc(C(Br)c2ccc(C)cc2F)c(Br)c1. The molecule has 0 heterocycles. The molecule has 2 aromatic carbocycles. The third-order valence-corrected chi connectivity index (χ3v) is 4.66. The van der Waals surface area contributed by atoms with Gasteiger partial charge in [0.2, 0.25) is 0 Å². The number of alkyl halides is 1. The van der Waals surface area contributed by atoms with E-state index in [-0.39, 0.29) is 10.6 Å². The largest absolute Gasteiger partial charge is 0.494 e. The maximum atomic E-state index is 14.0. The second-order valence-corrected chi connectivity index (χ2v) is 6.27. The Kier molecular flexibility index (Phi) is 5.22. The van der Waals surface area contributed by atoms with Gasteiger partial charge in [0.05, 0.1) is 11.4 Å². The van der Waals surface area contributed by atoms with Gasteiger partial charge in [-0.3, -0.25) is 0 Å². The molecule has 1 nitrogen and oxygen atoms in total. The highest BCUT2D eigenvalue weighted by molar-refractivity contribution is 9.11. The maximum absolute atomic E-state index is 14.0. The van der Waals surface area contributed by atoms with Crippen LogP contribution >= 0.6 is 31.9 Å². The minimum absolute atomic E-state index is 0.201. The molecule has 4 heteroatoms. The normalized spacial score (nSPS) is 12.2. The molecule has 0 aliphatic heterocycles. The molecule has 0 amide bonds. The number of halogens is 3. The van der Waals surface area contributed by atoms with Crippen LogP contribution in [0.3, 0.4) is 0 Å². The molecule has 0 aliphatic rings. The Bertz CT molecular complexity index is 613. The first-order valence-corrected chi connectivity index (χ1v) is 8.06. The average Bonchev–Trinajstić information content (AvgIpc) is 2.38. The van der Waals surface area contributed by atoms with E-state index < -0.39 is 0 Å². The molecule has 0 aromatic heterocycles. The zero-order chi connectivity index (χ0) is 14.7. The molecule has 0 N–H and O–H groups in total. The van der Waals surface area contributed by atoms with E-state index in [4.69, 9.17) is 4.74 Å². The van der Waals surface area contributed by atoms with Gasteiger partial charge in [-0.1, -0.05) is 50.1 Å². The molecule has 0 aliphatic carbocycles. The van der Waals surface area contributed by atoms with E-state index in [0.717, 1.165) is 21.3 Å². The van der Waals surface area contributed by atoms with Gasteiger partial charge in [0, 0.05) is 10.0 Å². The molecular formula is C16H15Br2FO. The molecule has 0 spiro atoms. The Hall–Kier alpha value is -0.870. The Labute approximate surface area is 135 Å².